The molecule has 0 aliphatic carbocycles. The van der Waals surface area contributed by atoms with Crippen molar-refractivity contribution in [3.8, 4) is 0 Å². The van der Waals surface area contributed by atoms with Crippen molar-refractivity contribution in [1.82, 2.24) is 4.98 Å². The quantitative estimate of drug-likeness (QED) is 0.337. The maximum atomic E-state index is 12.9. The summed E-state index contributed by atoms with van der Waals surface area (Å²) in [5, 5.41) is 10.3. The molecule has 0 spiro atoms. The molecule has 1 rings (SSSR count). The van der Waals surface area contributed by atoms with Crippen LogP contribution in [0.1, 0.15) is 22.5 Å². The summed E-state index contributed by atoms with van der Waals surface area (Å²) < 4.78 is 37.0. The summed E-state index contributed by atoms with van der Waals surface area (Å²) in [6, 6.07) is 0.372. The zero-order chi connectivity index (χ0) is 11.6. The highest BCUT2D eigenvalue weighted by Crippen LogP contribution is 2.25. The van der Waals surface area contributed by atoms with Crippen LogP contribution >= 0.6 is 0 Å². The van der Waals surface area contributed by atoms with Gasteiger partial charge in [-0.1, -0.05) is 0 Å². The fourth-order valence-corrected chi connectivity index (χ4v) is 0.901. The maximum Gasteiger partial charge on any atom is 0.286 e. The summed E-state index contributed by atoms with van der Waals surface area (Å²) in [5.74, 6) is -1.57. The van der Waals surface area contributed by atoms with Crippen LogP contribution in [-0.2, 0) is 0 Å². The van der Waals surface area contributed by atoms with Crippen molar-refractivity contribution in [3.05, 3.63) is 33.4 Å². The lowest BCUT2D eigenvalue weighted by Gasteiger charge is -2.01. The van der Waals surface area contributed by atoms with Crippen LogP contribution in [0.4, 0.5) is 18.9 Å². The fourth-order valence-electron chi connectivity index (χ4n) is 0.901. The van der Waals surface area contributed by atoms with Crippen molar-refractivity contribution < 1.29 is 22.9 Å². The summed E-state index contributed by atoms with van der Waals surface area (Å²) >= 11 is 0. The van der Waals surface area contributed by atoms with Gasteiger partial charge < -0.3 is 0 Å². The normalized spacial score (nSPS) is 10.4. The summed E-state index contributed by atoms with van der Waals surface area (Å²) in [5.41, 5.74) is -3.04. The van der Waals surface area contributed by atoms with E-state index in [1.165, 1.54) is 0 Å². The van der Waals surface area contributed by atoms with Gasteiger partial charge in [-0.15, -0.1) is 0 Å². The molecule has 8 heteroatoms. The molecule has 1 aromatic heterocycles. The number of aromatic nitrogens is 1. The number of pyridine rings is 1. The Bertz CT molecular complexity index is 422. The van der Waals surface area contributed by atoms with E-state index in [0.717, 1.165) is 0 Å². The second-order valence-electron chi connectivity index (χ2n) is 2.45. The van der Waals surface area contributed by atoms with Crippen molar-refractivity contribution >= 4 is 12.0 Å². The first-order chi connectivity index (χ1) is 6.97. The number of aldehydes is 1. The molecule has 0 saturated carbocycles. The number of hydrogen-bond acceptors (Lipinski definition) is 4. The average molecular weight is 220 g/mol. The summed E-state index contributed by atoms with van der Waals surface area (Å²) in [6.07, 6.45) is -3.28. The van der Waals surface area contributed by atoms with E-state index in [-0.39, 0.29) is 6.29 Å². The molecule has 80 valence electrons. The van der Waals surface area contributed by atoms with Gasteiger partial charge in [-0.25, -0.2) is 13.8 Å². The van der Waals surface area contributed by atoms with Crippen molar-refractivity contribution in [2.24, 2.45) is 0 Å². The maximum absolute atomic E-state index is 12.9. The summed E-state index contributed by atoms with van der Waals surface area (Å²) in [6.45, 7) is 0. The van der Waals surface area contributed by atoms with E-state index in [4.69, 9.17) is 0 Å². The Morgan fingerprint density at radius 3 is 2.53 bits per heavy atom. The van der Waals surface area contributed by atoms with Crippen LogP contribution in [-0.4, -0.2) is 16.2 Å². The molecule has 0 aromatic carbocycles. The van der Waals surface area contributed by atoms with Gasteiger partial charge >= 0.3 is 0 Å². The molecule has 1 aromatic rings. The predicted molar refractivity (Wildman–Crippen MR) is 41.2 cm³/mol. The highest BCUT2D eigenvalue weighted by Gasteiger charge is 2.23. The third-order valence-electron chi connectivity index (χ3n) is 1.55. The Kier molecular flexibility index (Phi) is 2.98. The standard InChI is InChI=1S/C7H3F3N2O3/c8-6(9)4-1-5(12(14)15)3(2-13)7(10)11-4/h1-2,6H. The van der Waals surface area contributed by atoms with Gasteiger partial charge in [0.1, 0.15) is 11.3 Å². The van der Waals surface area contributed by atoms with E-state index in [1.807, 2.05) is 0 Å². The Balaban J connectivity index is 3.45. The van der Waals surface area contributed by atoms with Gasteiger partial charge in [0.2, 0.25) is 5.95 Å². The molecule has 0 bridgehead atoms. The minimum atomic E-state index is -3.14. The monoisotopic (exact) mass is 220 g/mol. The largest absolute Gasteiger partial charge is 0.297 e. The highest BCUT2D eigenvalue weighted by molar-refractivity contribution is 5.81. The molecular formula is C7H3F3N2O3. The van der Waals surface area contributed by atoms with Gasteiger partial charge in [-0.2, -0.15) is 4.39 Å². The number of rotatable bonds is 3. The number of nitrogens with zero attached hydrogens (tertiary/aromatic N) is 2. The lowest BCUT2D eigenvalue weighted by atomic mass is 10.2. The molecule has 0 amide bonds. The topological polar surface area (TPSA) is 73.1 Å². The Labute approximate surface area is 80.7 Å². The molecule has 0 radical (unpaired) electrons. The van der Waals surface area contributed by atoms with Crippen LogP contribution in [0, 0.1) is 16.1 Å². The molecule has 0 aliphatic heterocycles. The van der Waals surface area contributed by atoms with Crippen LogP contribution in [0.15, 0.2) is 6.07 Å². The van der Waals surface area contributed by atoms with E-state index in [1.54, 1.807) is 0 Å². The first-order valence-electron chi connectivity index (χ1n) is 3.55. The average Bonchev–Trinajstić information content (AvgIpc) is 2.16. The van der Waals surface area contributed by atoms with E-state index in [9.17, 15) is 28.1 Å². The molecule has 15 heavy (non-hydrogen) atoms. The Hall–Kier alpha value is -1.99. The van der Waals surface area contributed by atoms with Crippen LogP contribution in [0.2, 0.25) is 0 Å². The molecule has 0 atom stereocenters. The third-order valence-corrected chi connectivity index (χ3v) is 1.55. The van der Waals surface area contributed by atoms with Gasteiger partial charge in [0.05, 0.1) is 4.92 Å². The van der Waals surface area contributed by atoms with E-state index >= 15 is 0 Å². The van der Waals surface area contributed by atoms with Crippen molar-refractivity contribution in [3.63, 3.8) is 0 Å². The van der Waals surface area contributed by atoms with Gasteiger partial charge in [0.25, 0.3) is 12.1 Å². The minimum absolute atomic E-state index is 0.143. The summed E-state index contributed by atoms with van der Waals surface area (Å²) in [7, 11) is 0. The zero-order valence-electron chi connectivity index (χ0n) is 6.99. The van der Waals surface area contributed by atoms with Gasteiger partial charge in [0.15, 0.2) is 6.29 Å². The molecular weight excluding hydrogens is 217 g/mol. The molecule has 0 N–H and O–H groups in total. The molecule has 1 heterocycles. The molecule has 0 saturated heterocycles. The number of carbonyl (C=O) groups is 1. The van der Waals surface area contributed by atoms with Crippen LogP contribution in [0.3, 0.4) is 0 Å². The van der Waals surface area contributed by atoms with Gasteiger partial charge in [0, 0.05) is 6.07 Å². The van der Waals surface area contributed by atoms with Crippen LogP contribution in [0.5, 0.6) is 0 Å². The SMILES string of the molecule is O=Cc1c([N+](=O)[O-])cc(C(F)F)nc1F. The number of halogens is 3. The first-order valence-corrected chi connectivity index (χ1v) is 3.55. The molecule has 0 aliphatic rings. The highest BCUT2D eigenvalue weighted by atomic mass is 19.3. The smallest absolute Gasteiger partial charge is 0.286 e. The zero-order valence-corrected chi connectivity index (χ0v) is 6.99. The minimum Gasteiger partial charge on any atom is -0.297 e. The number of hydrogen-bond donors (Lipinski definition) is 0. The number of alkyl halides is 2. The molecule has 0 fully saturated rings. The predicted octanol–water partition coefficient (Wildman–Crippen LogP) is 1.88. The van der Waals surface area contributed by atoms with Gasteiger partial charge in [-0.3, -0.25) is 14.9 Å². The van der Waals surface area contributed by atoms with Crippen molar-refractivity contribution in [2.75, 3.05) is 0 Å². The second-order valence-corrected chi connectivity index (χ2v) is 2.45. The summed E-state index contributed by atoms with van der Waals surface area (Å²) in [4.78, 5) is 22.2. The molecule has 0 unspecified atom stereocenters. The Morgan fingerprint density at radius 2 is 2.13 bits per heavy atom. The molecule has 5 nitrogen and oxygen atoms in total. The van der Waals surface area contributed by atoms with Gasteiger partial charge in [-0.05, 0) is 0 Å². The van der Waals surface area contributed by atoms with Crippen molar-refractivity contribution in [1.29, 1.82) is 0 Å². The van der Waals surface area contributed by atoms with E-state index in [0.29, 0.717) is 6.07 Å². The second kappa shape index (κ2) is 4.03. The lowest BCUT2D eigenvalue weighted by Crippen LogP contribution is -2.04. The third kappa shape index (κ3) is 2.09. The van der Waals surface area contributed by atoms with Crippen molar-refractivity contribution in [2.45, 2.75) is 6.43 Å². The van der Waals surface area contributed by atoms with E-state index < -0.39 is 34.2 Å². The lowest BCUT2D eigenvalue weighted by molar-refractivity contribution is -0.385. The van der Waals surface area contributed by atoms with Crippen LogP contribution in [0.25, 0.3) is 0 Å². The van der Waals surface area contributed by atoms with Crippen LogP contribution < -0.4 is 0 Å². The fraction of sp³-hybridized carbons (Fsp3) is 0.143. The van der Waals surface area contributed by atoms with E-state index in [2.05, 4.69) is 4.98 Å². The number of nitro groups is 1. The number of carbonyl (C=O) groups excluding carboxylic acids is 1. The Morgan fingerprint density at radius 1 is 1.53 bits per heavy atom. The first kappa shape index (κ1) is 11.1.